The number of nitrogens with zero attached hydrogens (tertiary/aromatic N) is 2. The molecule has 1 heterocycles. The quantitative estimate of drug-likeness (QED) is 0.315. The van der Waals surface area contributed by atoms with E-state index in [4.69, 9.17) is 9.47 Å². The summed E-state index contributed by atoms with van der Waals surface area (Å²) in [6, 6.07) is 20.6. The zero-order valence-electron chi connectivity index (χ0n) is 19.1. The highest BCUT2D eigenvalue weighted by Crippen LogP contribution is 2.38. The SMILES string of the molecule is COc1cc(/C=C2/SC(=O)N(Cc3ccccc3C#N)C2=O)c(Br)cc1OCc1cccc(C)c1. The molecule has 0 radical (unpaired) electrons. The summed E-state index contributed by atoms with van der Waals surface area (Å²) in [6.45, 7) is 2.45. The Hall–Kier alpha value is -3.54. The molecule has 0 N–H and O–H groups in total. The fraction of sp³-hybridized carbons (Fsp3) is 0.148. The zero-order chi connectivity index (χ0) is 24.9. The second-order valence-corrected chi connectivity index (χ2v) is 9.69. The first-order valence-corrected chi connectivity index (χ1v) is 12.3. The van der Waals surface area contributed by atoms with Gasteiger partial charge in [0.15, 0.2) is 11.5 Å². The van der Waals surface area contributed by atoms with Crippen LogP contribution in [0.25, 0.3) is 6.08 Å². The van der Waals surface area contributed by atoms with E-state index in [0.29, 0.717) is 44.2 Å². The lowest BCUT2D eigenvalue weighted by Crippen LogP contribution is -2.27. The number of halogens is 1. The standard InChI is InChI=1S/C27H21BrN2O4S/c1-17-6-5-7-18(10-17)16-34-24-13-22(28)21(11-23(24)33-2)12-25-26(31)30(27(32)35-25)15-20-9-4-3-8-19(20)14-29/h3-13H,15-16H2,1-2H3/b25-12+. The van der Waals surface area contributed by atoms with E-state index in [1.165, 1.54) is 0 Å². The number of carbonyl (C=O) groups is 2. The molecule has 2 amide bonds. The predicted octanol–water partition coefficient (Wildman–Crippen LogP) is 6.45. The van der Waals surface area contributed by atoms with Crippen LogP contribution in [0.2, 0.25) is 0 Å². The topological polar surface area (TPSA) is 79.6 Å². The lowest BCUT2D eigenvalue weighted by molar-refractivity contribution is -0.123. The Balaban J connectivity index is 1.55. The average molecular weight is 549 g/mol. The maximum absolute atomic E-state index is 13.0. The Morgan fingerprint density at radius 2 is 1.89 bits per heavy atom. The van der Waals surface area contributed by atoms with Crippen molar-refractivity contribution < 1.29 is 19.1 Å². The first-order valence-electron chi connectivity index (χ1n) is 10.7. The number of aryl methyl sites for hydroxylation is 1. The largest absolute Gasteiger partial charge is 0.493 e. The minimum atomic E-state index is -0.404. The minimum Gasteiger partial charge on any atom is -0.493 e. The number of hydrogen-bond donors (Lipinski definition) is 0. The van der Waals surface area contributed by atoms with E-state index in [0.717, 1.165) is 27.8 Å². The van der Waals surface area contributed by atoms with E-state index in [2.05, 4.69) is 28.1 Å². The van der Waals surface area contributed by atoms with Gasteiger partial charge in [-0.05, 0) is 59.7 Å². The number of carbonyl (C=O) groups excluding carboxylic acids is 2. The van der Waals surface area contributed by atoms with Gasteiger partial charge in [0.1, 0.15) is 6.61 Å². The molecular formula is C27H21BrN2O4S. The lowest BCUT2D eigenvalue weighted by atomic mass is 10.1. The molecule has 0 atom stereocenters. The highest BCUT2D eigenvalue weighted by Gasteiger charge is 2.35. The van der Waals surface area contributed by atoms with Gasteiger partial charge in [-0.1, -0.05) is 64.0 Å². The molecule has 1 fully saturated rings. The number of methoxy groups -OCH3 is 1. The Morgan fingerprint density at radius 3 is 2.63 bits per heavy atom. The number of hydrogen-bond acceptors (Lipinski definition) is 6. The molecule has 3 aromatic carbocycles. The predicted molar refractivity (Wildman–Crippen MR) is 139 cm³/mol. The fourth-order valence-electron chi connectivity index (χ4n) is 3.61. The van der Waals surface area contributed by atoms with Gasteiger partial charge in [-0.15, -0.1) is 0 Å². The molecule has 0 bridgehead atoms. The highest BCUT2D eigenvalue weighted by atomic mass is 79.9. The second kappa shape index (κ2) is 10.8. The fourth-order valence-corrected chi connectivity index (χ4v) is 4.88. The lowest BCUT2D eigenvalue weighted by Gasteiger charge is -2.14. The molecule has 1 aliphatic rings. The monoisotopic (exact) mass is 548 g/mol. The molecule has 0 aromatic heterocycles. The van der Waals surface area contributed by atoms with E-state index >= 15 is 0 Å². The van der Waals surface area contributed by atoms with Gasteiger partial charge in [-0.3, -0.25) is 14.5 Å². The van der Waals surface area contributed by atoms with Gasteiger partial charge in [0.2, 0.25) is 0 Å². The van der Waals surface area contributed by atoms with Crippen molar-refractivity contribution in [2.24, 2.45) is 0 Å². The molecule has 6 nitrogen and oxygen atoms in total. The van der Waals surface area contributed by atoms with Crippen LogP contribution in [0, 0.1) is 18.3 Å². The maximum atomic E-state index is 13.0. The molecule has 176 valence electrons. The highest BCUT2D eigenvalue weighted by molar-refractivity contribution is 9.10. The van der Waals surface area contributed by atoms with Gasteiger partial charge in [0.25, 0.3) is 11.1 Å². The molecule has 0 spiro atoms. The van der Waals surface area contributed by atoms with Crippen LogP contribution >= 0.6 is 27.7 Å². The van der Waals surface area contributed by atoms with Gasteiger partial charge >= 0.3 is 0 Å². The van der Waals surface area contributed by atoms with Crippen LogP contribution in [-0.2, 0) is 17.9 Å². The van der Waals surface area contributed by atoms with Gasteiger partial charge in [-0.2, -0.15) is 5.26 Å². The van der Waals surface area contributed by atoms with Crippen molar-refractivity contribution >= 4 is 44.9 Å². The zero-order valence-corrected chi connectivity index (χ0v) is 21.5. The Labute approximate surface area is 216 Å². The van der Waals surface area contributed by atoms with Crippen LogP contribution in [0.4, 0.5) is 4.79 Å². The van der Waals surface area contributed by atoms with E-state index in [1.807, 2.05) is 25.1 Å². The first-order chi connectivity index (χ1) is 16.9. The molecule has 35 heavy (non-hydrogen) atoms. The summed E-state index contributed by atoms with van der Waals surface area (Å²) in [5, 5.41) is 8.93. The van der Waals surface area contributed by atoms with Gasteiger partial charge in [-0.25, -0.2) is 0 Å². The van der Waals surface area contributed by atoms with Crippen LogP contribution in [-0.4, -0.2) is 23.2 Å². The number of nitriles is 1. The second-order valence-electron chi connectivity index (χ2n) is 7.84. The summed E-state index contributed by atoms with van der Waals surface area (Å²) in [6.07, 6.45) is 1.65. The summed E-state index contributed by atoms with van der Waals surface area (Å²) in [4.78, 5) is 27.0. The van der Waals surface area contributed by atoms with E-state index in [9.17, 15) is 14.9 Å². The third-order valence-corrected chi connectivity index (χ3v) is 6.98. The van der Waals surface area contributed by atoms with Crippen LogP contribution in [0.5, 0.6) is 11.5 Å². The van der Waals surface area contributed by atoms with Crippen LogP contribution in [0.1, 0.15) is 27.8 Å². The third kappa shape index (κ3) is 5.59. The van der Waals surface area contributed by atoms with E-state index < -0.39 is 5.91 Å². The molecule has 1 aliphatic heterocycles. The van der Waals surface area contributed by atoms with Crippen molar-refractivity contribution in [3.8, 4) is 17.6 Å². The summed E-state index contributed by atoms with van der Waals surface area (Å²) in [7, 11) is 1.55. The van der Waals surface area contributed by atoms with Crippen LogP contribution in [0.3, 0.4) is 0 Å². The summed E-state index contributed by atoms with van der Waals surface area (Å²) in [5.74, 6) is 0.659. The van der Waals surface area contributed by atoms with E-state index in [-0.39, 0.29) is 11.8 Å². The number of rotatable bonds is 7. The average Bonchev–Trinajstić information content (AvgIpc) is 3.11. The first kappa shape index (κ1) is 24.6. The van der Waals surface area contributed by atoms with Gasteiger partial charge in [0.05, 0.1) is 30.2 Å². The third-order valence-electron chi connectivity index (χ3n) is 5.39. The van der Waals surface area contributed by atoms with Crippen molar-refractivity contribution in [2.75, 3.05) is 7.11 Å². The van der Waals surface area contributed by atoms with Crippen LogP contribution < -0.4 is 9.47 Å². The minimum absolute atomic E-state index is 0.0436. The van der Waals surface area contributed by atoms with Crippen molar-refractivity contribution in [2.45, 2.75) is 20.1 Å². The summed E-state index contributed by atoms with van der Waals surface area (Å²) in [5.41, 5.74) is 3.92. The molecule has 0 saturated carbocycles. The molecule has 0 aliphatic carbocycles. The number of imide groups is 1. The Bertz CT molecular complexity index is 1380. The normalized spacial score (nSPS) is 14.3. The van der Waals surface area contributed by atoms with Gasteiger partial charge < -0.3 is 9.47 Å². The molecule has 0 unspecified atom stereocenters. The summed E-state index contributed by atoms with van der Waals surface area (Å²) >= 11 is 4.41. The Morgan fingerprint density at radius 1 is 1.09 bits per heavy atom. The molecule has 8 heteroatoms. The Kier molecular flexibility index (Phi) is 7.59. The maximum Gasteiger partial charge on any atom is 0.293 e. The molecule has 1 saturated heterocycles. The smallest absolute Gasteiger partial charge is 0.293 e. The molecular weight excluding hydrogens is 528 g/mol. The molecule has 4 rings (SSSR count). The number of amides is 2. The van der Waals surface area contributed by atoms with Crippen molar-refractivity contribution in [1.29, 1.82) is 5.26 Å². The van der Waals surface area contributed by atoms with Crippen molar-refractivity contribution in [3.63, 3.8) is 0 Å². The van der Waals surface area contributed by atoms with E-state index in [1.54, 1.807) is 49.6 Å². The summed E-state index contributed by atoms with van der Waals surface area (Å²) < 4.78 is 12.2. The van der Waals surface area contributed by atoms with Gasteiger partial charge in [0, 0.05) is 4.47 Å². The van der Waals surface area contributed by atoms with Crippen LogP contribution in [0.15, 0.2) is 70.0 Å². The van der Waals surface area contributed by atoms with Crippen molar-refractivity contribution in [3.05, 3.63) is 97.9 Å². The number of ether oxygens (including phenoxy) is 2. The molecule has 3 aromatic rings. The number of thioether (sulfide) groups is 1. The number of benzene rings is 3. The van der Waals surface area contributed by atoms with Crippen molar-refractivity contribution in [1.82, 2.24) is 4.90 Å².